The summed E-state index contributed by atoms with van der Waals surface area (Å²) in [5.41, 5.74) is 3.05. The molecule has 0 aliphatic rings. The third kappa shape index (κ3) is 4.39. The van der Waals surface area contributed by atoms with Gasteiger partial charge in [-0.2, -0.15) is 0 Å². The first-order valence-corrected chi connectivity index (χ1v) is 7.68. The quantitative estimate of drug-likeness (QED) is 0.574. The molecular formula is C18H19ClO4. The fraction of sp³-hybridized carbons (Fsp3) is 0.278. The number of carbonyl (C=O) groups excluding carboxylic acids is 1. The van der Waals surface area contributed by atoms with Crippen LogP contribution >= 0.6 is 11.6 Å². The van der Waals surface area contributed by atoms with Crippen LogP contribution in [-0.2, 0) is 17.8 Å². The molecule has 122 valence electrons. The second-order valence-corrected chi connectivity index (χ2v) is 5.42. The van der Waals surface area contributed by atoms with Crippen LogP contribution in [0.4, 0.5) is 4.79 Å². The summed E-state index contributed by atoms with van der Waals surface area (Å²) in [7, 11) is 1.26. The summed E-state index contributed by atoms with van der Waals surface area (Å²) in [6.45, 7) is 4.34. The van der Waals surface area contributed by atoms with E-state index in [0.717, 1.165) is 17.5 Å². The summed E-state index contributed by atoms with van der Waals surface area (Å²) in [6, 6.07) is 11.0. The van der Waals surface area contributed by atoms with E-state index in [-0.39, 0.29) is 6.61 Å². The van der Waals surface area contributed by atoms with Gasteiger partial charge in [-0.3, -0.25) is 0 Å². The Balaban J connectivity index is 2.15. The van der Waals surface area contributed by atoms with Gasteiger partial charge in [0.2, 0.25) is 0 Å². The Kier molecular flexibility index (Phi) is 5.88. The smallest absolute Gasteiger partial charge is 0.487 e. The van der Waals surface area contributed by atoms with Crippen LogP contribution in [0, 0.1) is 6.92 Å². The van der Waals surface area contributed by atoms with Crippen LogP contribution in [0.15, 0.2) is 36.4 Å². The van der Waals surface area contributed by atoms with Crippen molar-refractivity contribution in [3.05, 3.63) is 58.1 Å². The summed E-state index contributed by atoms with van der Waals surface area (Å²) < 4.78 is 15.4. The molecular weight excluding hydrogens is 316 g/mol. The number of rotatable bonds is 5. The molecule has 0 aliphatic heterocycles. The number of benzene rings is 2. The van der Waals surface area contributed by atoms with Crippen LogP contribution in [-0.4, -0.2) is 13.3 Å². The van der Waals surface area contributed by atoms with Crippen molar-refractivity contribution in [1.82, 2.24) is 0 Å². The minimum atomic E-state index is -0.765. The molecule has 0 aromatic heterocycles. The monoisotopic (exact) mass is 334 g/mol. The van der Waals surface area contributed by atoms with Gasteiger partial charge in [-0.1, -0.05) is 36.7 Å². The van der Waals surface area contributed by atoms with Crippen LogP contribution in [0.25, 0.3) is 0 Å². The number of methoxy groups -OCH3 is 1. The summed E-state index contributed by atoms with van der Waals surface area (Å²) >= 11 is 6.26. The molecule has 23 heavy (non-hydrogen) atoms. The normalized spacial score (nSPS) is 10.3. The van der Waals surface area contributed by atoms with Crippen LogP contribution in [0.1, 0.15) is 23.6 Å². The maximum absolute atomic E-state index is 11.3. The maximum Gasteiger partial charge on any atom is 0.513 e. The molecule has 0 saturated heterocycles. The second-order valence-electron chi connectivity index (χ2n) is 5.02. The van der Waals surface area contributed by atoms with E-state index in [1.165, 1.54) is 12.7 Å². The molecule has 0 fully saturated rings. The van der Waals surface area contributed by atoms with Gasteiger partial charge in [0.1, 0.15) is 18.1 Å². The highest BCUT2D eigenvalue weighted by Crippen LogP contribution is 2.30. The summed E-state index contributed by atoms with van der Waals surface area (Å²) in [6.07, 6.45) is 0.153. The zero-order valence-electron chi connectivity index (χ0n) is 13.4. The number of para-hydroxylation sites is 1. The van der Waals surface area contributed by atoms with Crippen LogP contribution in [0.3, 0.4) is 0 Å². The van der Waals surface area contributed by atoms with E-state index in [1.54, 1.807) is 12.1 Å². The van der Waals surface area contributed by atoms with Crippen LogP contribution in [0.5, 0.6) is 11.5 Å². The van der Waals surface area contributed by atoms with Crippen molar-refractivity contribution < 1.29 is 19.0 Å². The molecule has 0 aliphatic carbocycles. The molecule has 4 nitrogen and oxygen atoms in total. The predicted octanol–water partition coefficient (Wildman–Crippen LogP) is 4.94. The standard InChI is InChI=1S/C18H19ClO4/c1-4-13-10-15(19)17(9-12(13)2)22-11-14-7-5-6-8-16(14)23-18(20)21-3/h5-10H,4,11H2,1-3H3. The molecule has 2 rings (SSSR count). The number of carbonyl (C=O) groups is 1. The zero-order chi connectivity index (χ0) is 16.8. The van der Waals surface area contributed by atoms with E-state index in [0.29, 0.717) is 16.5 Å². The average Bonchev–Trinajstić information content (AvgIpc) is 2.56. The molecule has 0 spiro atoms. The highest BCUT2D eigenvalue weighted by atomic mass is 35.5. The third-order valence-electron chi connectivity index (χ3n) is 3.49. The topological polar surface area (TPSA) is 44.8 Å². The first-order chi connectivity index (χ1) is 11.0. The Labute approximate surface area is 140 Å². The first-order valence-electron chi connectivity index (χ1n) is 7.30. The van der Waals surface area contributed by atoms with Crippen LogP contribution < -0.4 is 9.47 Å². The SMILES string of the molecule is CCc1cc(Cl)c(OCc2ccccc2OC(=O)OC)cc1C. The molecule has 0 heterocycles. The van der Waals surface area contributed by atoms with E-state index in [9.17, 15) is 4.79 Å². The number of ether oxygens (including phenoxy) is 3. The third-order valence-corrected chi connectivity index (χ3v) is 3.78. The molecule has 0 saturated carbocycles. The summed E-state index contributed by atoms with van der Waals surface area (Å²) in [5, 5.41) is 0.568. The molecule has 0 bridgehead atoms. The molecule has 0 atom stereocenters. The fourth-order valence-electron chi connectivity index (χ4n) is 2.20. The predicted molar refractivity (Wildman–Crippen MR) is 89.4 cm³/mol. The summed E-state index contributed by atoms with van der Waals surface area (Å²) in [4.78, 5) is 11.3. The van der Waals surface area contributed by atoms with Gasteiger partial charge in [0.05, 0.1) is 12.1 Å². The van der Waals surface area contributed by atoms with Crippen molar-refractivity contribution >= 4 is 17.8 Å². The molecule has 2 aromatic rings. The van der Waals surface area contributed by atoms with E-state index >= 15 is 0 Å². The van der Waals surface area contributed by atoms with Gasteiger partial charge in [-0.25, -0.2) is 4.79 Å². The number of hydrogen-bond donors (Lipinski definition) is 0. The Morgan fingerprint density at radius 2 is 1.87 bits per heavy atom. The zero-order valence-corrected chi connectivity index (χ0v) is 14.1. The lowest BCUT2D eigenvalue weighted by Gasteiger charge is -2.13. The highest BCUT2D eigenvalue weighted by molar-refractivity contribution is 6.32. The van der Waals surface area contributed by atoms with Gasteiger partial charge in [-0.15, -0.1) is 0 Å². The lowest BCUT2D eigenvalue weighted by molar-refractivity contribution is 0.120. The van der Waals surface area contributed by atoms with Crippen molar-refractivity contribution in [2.24, 2.45) is 0 Å². The van der Waals surface area contributed by atoms with Gasteiger partial charge >= 0.3 is 6.16 Å². The first kappa shape index (κ1) is 17.2. The second kappa shape index (κ2) is 7.88. The molecule has 0 unspecified atom stereocenters. The van der Waals surface area contributed by atoms with Gasteiger partial charge < -0.3 is 14.2 Å². The van der Waals surface area contributed by atoms with Crippen molar-refractivity contribution in [3.63, 3.8) is 0 Å². The minimum absolute atomic E-state index is 0.234. The number of halogens is 1. The van der Waals surface area contributed by atoms with E-state index in [4.69, 9.17) is 21.1 Å². The minimum Gasteiger partial charge on any atom is -0.487 e. The number of aryl methyl sites for hydroxylation is 2. The Morgan fingerprint density at radius 3 is 2.57 bits per heavy atom. The molecule has 5 heteroatoms. The fourth-order valence-corrected chi connectivity index (χ4v) is 2.44. The Bertz CT molecular complexity index is 697. The van der Waals surface area contributed by atoms with Crippen molar-refractivity contribution in [3.8, 4) is 11.5 Å². The molecule has 0 radical (unpaired) electrons. The van der Waals surface area contributed by atoms with Gasteiger partial charge in [-0.05, 0) is 42.7 Å². The largest absolute Gasteiger partial charge is 0.513 e. The van der Waals surface area contributed by atoms with E-state index in [1.807, 2.05) is 31.2 Å². The highest BCUT2D eigenvalue weighted by Gasteiger charge is 2.11. The van der Waals surface area contributed by atoms with Gasteiger partial charge in [0.25, 0.3) is 0 Å². The molecule has 0 N–H and O–H groups in total. The van der Waals surface area contributed by atoms with Crippen molar-refractivity contribution in [2.75, 3.05) is 7.11 Å². The summed E-state index contributed by atoms with van der Waals surface area (Å²) in [5.74, 6) is 1.01. The lowest BCUT2D eigenvalue weighted by Crippen LogP contribution is -2.09. The Morgan fingerprint density at radius 1 is 1.13 bits per heavy atom. The Hall–Kier alpha value is -2.20. The van der Waals surface area contributed by atoms with Gasteiger partial charge in [0.15, 0.2) is 0 Å². The van der Waals surface area contributed by atoms with Crippen LogP contribution in [0.2, 0.25) is 5.02 Å². The van der Waals surface area contributed by atoms with E-state index in [2.05, 4.69) is 11.7 Å². The average molecular weight is 335 g/mol. The molecule has 2 aromatic carbocycles. The lowest BCUT2D eigenvalue weighted by atomic mass is 10.1. The van der Waals surface area contributed by atoms with Gasteiger partial charge in [0, 0.05) is 5.56 Å². The number of hydrogen-bond acceptors (Lipinski definition) is 4. The maximum atomic E-state index is 11.3. The van der Waals surface area contributed by atoms with Crippen molar-refractivity contribution in [1.29, 1.82) is 0 Å². The molecule has 0 amide bonds. The van der Waals surface area contributed by atoms with Crippen molar-refractivity contribution in [2.45, 2.75) is 26.9 Å². The van der Waals surface area contributed by atoms with E-state index < -0.39 is 6.16 Å².